The first-order chi connectivity index (χ1) is 13.6. The lowest BCUT2D eigenvalue weighted by atomic mass is 10.0. The van der Waals surface area contributed by atoms with Gasteiger partial charge in [-0.1, -0.05) is 29.4 Å². The molecule has 0 unspecified atom stereocenters. The molecule has 28 heavy (non-hydrogen) atoms. The van der Waals surface area contributed by atoms with Crippen LogP contribution in [0.15, 0.2) is 58.7 Å². The highest BCUT2D eigenvalue weighted by molar-refractivity contribution is 7.10. The van der Waals surface area contributed by atoms with Crippen LogP contribution in [0.1, 0.15) is 21.8 Å². The smallest absolute Gasteiger partial charge is 0.259 e. The van der Waals surface area contributed by atoms with Crippen molar-refractivity contribution in [3.05, 3.63) is 76.0 Å². The zero-order valence-electron chi connectivity index (χ0n) is 15.7. The van der Waals surface area contributed by atoms with Crippen molar-refractivity contribution in [2.24, 2.45) is 0 Å². The molecule has 0 fully saturated rings. The molecule has 6 heteroatoms. The summed E-state index contributed by atoms with van der Waals surface area (Å²) in [5, 5.41) is 5.89. The molecule has 0 bridgehead atoms. The van der Waals surface area contributed by atoms with Gasteiger partial charge in [-0.2, -0.15) is 4.98 Å². The van der Waals surface area contributed by atoms with Gasteiger partial charge in [0.2, 0.25) is 0 Å². The zero-order chi connectivity index (χ0) is 19.5. The van der Waals surface area contributed by atoms with Gasteiger partial charge < -0.3 is 4.52 Å². The molecule has 4 aromatic rings. The van der Waals surface area contributed by atoms with Crippen molar-refractivity contribution >= 4 is 17.1 Å². The quantitative estimate of drug-likeness (QED) is 0.472. The summed E-state index contributed by atoms with van der Waals surface area (Å²) in [4.78, 5) is 22.0. The van der Waals surface area contributed by atoms with E-state index in [9.17, 15) is 4.79 Å². The van der Waals surface area contributed by atoms with Gasteiger partial charge in [-0.3, -0.25) is 9.78 Å². The topological polar surface area (TPSA) is 68.9 Å². The molecule has 0 N–H and O–H groups in total. The first-order valence-electron chi connectivity index (χ1n) is 8.99. The van der Waals surface area contributed by atoms with Crippen molar-refractivity contribution in [2.45, 2.75) is 26.7 Å². The summed E-state index contributed by atoms with van der Waals surface area (Å²) in [5.74, 6) is 1.24. The summed E-state index contributed by atoms with van der Waals surface area (Å²) in [6.07, 6.45) is 4.31. The number of Topliss-reactive ketones (excluding diaryl/α,β-unsaturated/α-hetero) is 1. The van der Waals surface area contributed by atoms with Gasteiger partial charge >= 0.3 is 0 Å². The predicted octanol–water partition coefficient (Wildman–Crippen LogP) is 4.83. The Bertz CT molecular complexity index is 1100. The molecule has 5 nitrogen and oxygen atoms in total. The minimum Gasteiger partial charge on any atom is -0.334 e. The van der Waals surface area contributed by atoms with Gasteiger partial charge in [-0.05, 0) is 53.6 Å². The first-order valence-corrected chi connectivity index (χ1v) is 9.87. The largest absolute Gasteiger partial charge is 0.334 e. The lowest BCUT2D eigenvalue weighted by Crippen LogP contribution is -2.06. The molecule has 0 saturated heterocycles. The third-order valence-electron chi connectivity index (χ3n) is 4.52. The van der Waals surface area contributed by atoms with Crippen LogP contribution in [-0.2, 0) is 17.6 Å². The molecule has 4 rings (SSSR count). The summed E-state index contributed by atoms with van der Waals surface area (Å²) in [6.45, 7) is 3.78. The van der Waals surface area contributed by atoms with E-state index in [1.807, 2.05) is 48.7 Å². The lowest BCUT2D eigenvalue weighted by Gasteiger charge is -2.05. The number of hydrogen-bond donors (Lipinski definition) is 0. The highest BCUT2D eigenvalue weighted by Crippen LogP contribution is 2.32. The second kappa shape index (κ2) is 7.86. The van der Waals surface area contributed by atoms with Crippen molar-refractivity contribution in [1.29, 1.82) is 0 Å². The number of nitrogens with zero attached hydrogens (tertiary/aromatic N) is 3. The number of carbonyl (C=O) groups excluding carboxylic acids is 1. The summed E-state index contributed by atoms with van der Waals surface area (Å²) < 4.78 is 5.32. The van der Waals surface area contributed by atoms with Gasteiger partial charge in [-0.25, -0.2) is 0 Å². The van der Waals surface area contributed by atoms with Crippen molar-refractivity contribution in [3.8, 4) is 22.6 Å². The molecule has 0 aliphatic carbocycles. The fourth-order valence-corrected chi connectivity index (χ4v) is 4.19. The number of aryl methyl sites for hydroxylation is 2. The van der Waals surface area contributed by atoms with Crippen molar-refractivity contribution in [2.75, 3.05) is 0 Å². The highest BCUT2D eigenvalue weighted by Gasteiger charge is 2.19. The number of hydrogen-bond acceptors (Lipinski definition) is 6. The highest BCUT2D eigenvalue weighted by atomic mass is 32.1. The van der Waals surface area contributed by atoms with E-state index in [0.29, 0.717) is 24.6 Å². The van der Waals surface area contributed by atoms with Gasteiger partial charge in [0.25, 0.3) is 5.89 Å². The summed E-state index contributed by atoms with van der Waals surface area (Å²) >= 11 is 1.56. The Balaban J connectivity index is 1.47. The second-order valence-corrected chi connectivity index (χ2v) is 7.65. The Morgan fingerprint density at radius 2 is 1.71 bits per heavy atom. The van der Waals surface area contributed by atoms with E-state index >= 15 is 0 Å². The van der Waals surface area contributed by atoms with E-state index in [2.05, 4.69) is 15.1 Å². The van der Waals surface area contributed by atoms with Crippen molar-refractivity contribution in [3.63, 3.8) is 0 Å². The normalized spacial score (nSPS) is 10.9. The SMILES string of the molecule is Cc1noc(-c2c(C)csc2CC(=O)Cc2ccc(-c3ccncc3)cc2)n1. The van der Waals surface area contributed by atoms with Crippen LogP contribution >= 0.6 is 11.3 Å². The van der Waals surface area contributed by atoms with Crippen LogP contribution in [0.2, 0.25) is 0 Å². The molecule has 0 radical (unpaired) electrons. The van der Waals surface area contributed by atoms with Crippen LogP contribution in [-0.4, -0.2) is 20.9 Å². The van der Waals surface area contributed by atoms with Gasteiger partial charge in [0.1, 0.15) is 5.78 Å². The fourth-order valence-electron chi connectivity index (χ4n) is 3.14. The Kier molecular flexibility index (Phi) is 5.12. The van der Waals surface area contributed by atoms with Crippen LogP contribution in [0.25, 0.3) is 22.6 Å². The number of benzene rings is 1. The van der Waals surface area contributed by atoms with E-state index in [1.54, 1.807) is 30.7 Å². The van der Waals surface area contributed by atoms with E-state index in [1.165, 1.54) is 0 Å². The number of carbonyl (C=O) groups is 1. The monoisotopic (exact) mass is 389 g/mol. The summed E-state index contributed by atoms with van der Waals surface area (Å²) in [6, 6.07) is 12.0. The first kappa shape index (κ1) is 18.3. The molecule has 0 aliphatic heterocycles. The van der Waals surface area contributed by atoms with Crippen LogP contribution in [0.3, 0.4) is 0 Å². The number of aromatic nitrogens is 3. The number of rotatable bonds is 6. The van der Waals surface area contributed by atoms with Crippen LogP contribution in [0.4, 0.5) is 0 Å². The molecule has 3 heterocycles. The Morgan fingerprint density at radius 3 is 2.39 bits per heavy atom. The molecular formula is C22H19N3O2S. The number of pyridine rings is 1. The lowest BCUT2D eigenvalue weighted by molar-refractivity contribution is -0.117. The molecule has 0 aliphatic rings. The maximum Gasteiger partial charge on any atom is 0.259 e. The van der Waals surface area contributed by atoms with Gasteiger partial charge in [0.05, 0.1) is 5.56 Å². The van der Waals surface area contributed by atoms with Gasteiger partial charge in [-0.15, -0.1) is 11.3 Å². The van der Waals surface area contributed by atoms with E-state index < -0.39 is 0 Å². The molecular weight excluding hydrogens is 370 g/mol. The molecule has 3 aromatic heterocycles. The summed E-state index contributed by atoms with van der Waals surface area (Å²) in [7, 11) is 0. The Labute approximate surface area is 167 Å². The third-order valence-corrected chi connectivity index (χ3v) is 5.62. The standard InChI is InChI=1S/C22H19N3O2S/c1-14-13-28-20(21(14)22-24-15(2)25-27-22)12-19(26)11-16-3-5-17(6-4-16)18-7-9-23-10-8-18/h3-10,13H,11-12H2,1-2H3. The molecule has 0 spiro atoms. The predicted molar refractivity (Wildman–Crippen MR) is 109 cm³/mol. The van der Waals surface area contributed by atoms with Crippen LogP contribution in [0.5, 0.6) is 0 Å². The van der Waals surface area contributed by atoms with Crippen LogP contribution < -0.4 is 0 Å². The minimum absolute atomic E-state index is 0.163. The fraction of sp³-hybridized carbons (Fsp3) is 0.182. The van der Waals surface area contributed by atoms with E-state index in [4.69, 9.17) is 4.52 Å². The second-order valence-electron chi connectivity index (χ2n) is 6.69. The average Bonchev–Trinajstić information content (AvgIpc) is 3.28. The molecule has 1 aromatic carbocycles. The maximum absolute atomic E-state index is 12.7. The molecule has 0 saturated carbocycles. The van der Waals surface area contributed by atoms with E-state index in [-0.39, 0.29) is 5.78 Å². The molecule has 140 valence electrons. The Hall–Kier alpha value is -3.12. The van der Waals surface area contributed by atoms with Gasteiger partial charge in [0.15, 0.2) is 5.82 Å². The third kappa shape index (κ3) is 3.92. The van der Waals surface area contributed by atoms with Crippen molar-refractivity contribution < 1.29 is 9.32 Å². The number of thiophene rings is 1. The van der Waals surface area contributed by atoms with Crippen LogP contribution in [0, 0.1) is 13.8 Å². The summed E-state index contributed by atoms with van der Waals surface area (Å²) in [5.41, 5.74) is 5.18. The maximum atomic E-state index is 12.7. The van der Waals surface area contributed by atoms with Gasteiger partial charge in [0, 0.05) is 30.1 Å². The minimum atomic E-state index is 0.163. The number of ketones is 1. The van der Waals surface area contributed by atoms with E-state index in [0.717, 1.165) is 32.7 Å². The average molecular weight is 389 g/mol. The Morgan fingerprint density at radius 1 is 1.00 bits per heavy atom. The zero-order valence-corrected chi connectivity index (χ0v) is 16.5. The molecule has 0 amide bonds. The molecule has 0 atom stereocenters. The van der Waals surface area contributed by atoms with Crippen molar-refractivity contribution in [1.82, 2.24) is 15.1 Å².